The molecule has 13 heavy (non-hydrogen) atoms. The molecule has 68 valence electrons. The molecule has 1 N–H and O–H groups in total. The highest BCUT2D eigenvalue weighted by molar-refractivity contribution is 5.39. The molecule has 1 aromatic rings. The first-order chi connectivity index (χ1) is 6.29. The maximum Gasteiger partial charge on any atom is 0.130 e. The molecule has 3 heteroatoms. The molecular formula is C10H9FO2. The van der Waals surface area contributed by atoms with E-state index in [0.717, 1.165) is 5.56 Å². The smallest absolute Gasteiger partial charge is 0.130 e. The van der Waals surface area contributed by atoms with Crippen molar-refractivity contribution in [1.82, 2.24) is 0 Å². The maximum absolute atomic E-state index is 12.7. The number of ether oxygens (including phenoxy) is 1. The van der Waals surface area contributed by atoms with Crippen molar-refractivity contribution in [1.29, 1.82) is 0 Å². The van der Waals surface area contributed by atoms with Crippen LogP contribution in [0.5, 0.6) is 5.75 Å². The van der Waals surface area contributed by atoms with E-state index >= 15 is 0 Å². The van der Waals surface area contributed by atoms with Gasteiger partial charge in [-0.15, -0.1) is 0 Å². The highest BCUT2D eigenvalue weighted by Crippen LogP contribution is 2.26. The van der Waals surface area contributed by atoms with Crippen LogP contribution >= 0.6 is 0 Å². The molecular weight excluding hydrogens is 171 g/mol. The molecule has 0 atom stereocenters. The Bertz CT molecular complexity index is 358. The second kappa shape index (κ2) is 3.18. The Morgan fingerprint density at radius 1 is 1.46 bits per heavy atom. The van der Waals surface area contributed by atoms with E-state index in [4.69, 9.17) is 9.84 Å². The van der Waals surface area contributed by atoms with E-state index in [1.165, 1.54) is 12.1 Å². The minimum atomic E-state index is -0.261. The van der Waals surface area contributed by atoms with Crippen LogP contribution in [0.4, 0.5) is 4.39 Å². The number of rotatable bonds is 1. The SMILES string of the molecule is OCC1=CCc2cc(F)ccc2O1. The van der Waals surface area contributed by atoms with Crippen LogP contribution in [0.15, 0.2) is 30.0 Å². The molecule has 0 aromatic heterocycles. The number of halogens is 1. The van der Waals surface area contributed by atoms with Crippen molar-refractivity contribution in [2.45, 2.75) is 6.42 Å². The summed E-state index contributed by atoms with van der Waals surface area (Å²) >= 11 is 0. The van der Waals surface area contributed by atoms with Crippen molar-refractivity contribution >= 4 is 0 Å². The van der Waals surface area contributed by atoms with Crippen LogP contribution < -0.4 is 4.74 Å². The van der Waals surface area contributed by atoms with E-state index in [9.17, 15) is 4.39 Å². The van der Waals surface area contributed by atoms with Crippen molar-refractivity contribution in [3.05, 3.63) is 41.4 Å². The van der Waals surface area contributed by atoms with Gasteiger partial charge in [0, 0.05) is 5.56 Å². The van der Waals surface area contributed by atoms with Crippen LogP contribution in [0.25, 0.3) is 0 Å². The number of aliphatic hydroxyl groups excluding tert-OH is 1. The average molecular weight is 180 g/mol. The predicted octanol–water partition coefficient (Wildman–Crippen LogP) is 1.64. The van der Waals surface area contributed by atoms with Gasteiger partial charge in [-0.1, -0.05) is 0 Å². The summed E-state index contributed by atoms with van der Waals surface area (Å²) in [6, 6.07) is 4.37. The van der Waals surface area contributed by atoms with E-state index in [-0.39, 0.29) is 12.4 Å². The van der Waals surface area contributed by atoms with Gasteiger partial charge < -0.3 is 9.84 Å². The molecule has 2 nitrogen and oxygen atoms in total. The van der Waals surface area contributed by atoms with Crippen LogP contribution in [0.2, 0.25) is 0 Å². The lowest BCUT2D eigenvalue weighted by Gasteiger charge is -2.16. The number of allylic oxidation sites excluding steroid dienone is 1. The van der Waals surface area contributed by atoms with Crippen molar-refractivity contribution < 1.29 is 14.2 Å². The fraction of sp³-hybridized carbons (Fsp3) is 0.200. The van der Waals surface area contributed by atoms with Crippen molar-refractivity contribution in [3.63, 3.8) is 0 Å². The molecule has 0 radical (unpaired) electrons. The predicted molar refractivity (Wildman–Crippen MR) is 45.9 cm³/mol. The Balaban J connectivity index is 2.33. The van der Waals surface area contributed by atoms with Crippen LogP contribution in [-0.4, -0.2) is 11.7 Å². The zero-order valence-electron chi connectivity index (χ0n) is 6.96. The minimum absolute atomic E-state index is 0.114. The number of benzene rings is 1. The third-order valence-electron chi connectivity index (χ3n) is 1.97. The van der Waals surface area contributed by atoms with Gasteiger partial charge in [0.2, 0.25) is 0 Å². The van der Waals surface area contributed by atoms with Crippen LogP contribution in [-0.2, 0) is 6.42 Å². The molecule has 0 aliphatic carbocycles. The molecule has 0 fully saturated rings. The summed E-state index contributed by atoms with van der Waals surface area (Å²) in [5, 5.41) is 8.80. The van der Waals surface area contributed by atoms with Crippen molar-refractivity contribution in [2.75, 3.05) is 6.61 Å². The van der Waals surface area contributed by atoms with Gasteiger partial charge in [0.05, 0.1) is 0 Å². The molecule has 2 rings (SSSR count). The average Bonchev–Trinajstić information content (AvgIpc) is 2.17. The van der Waals surface area contributed by atoms with E-state index < -0.39 is 0 Å². The monoisotopic (exact) mass is 180 g/mol. The Labute approximate surface area is 75.3 Å². The molecule has 0 unspecified atom stereocenters. The van der Waals surface area contributed by atoms with Gasteiger partial charge in [0.15, 0.2) is 0 Å². The summed E-state index contributed by atoms with van der Waals surface area (Å²) in [5.41, 5.74) is 0.817. The molecule has 0 bridgehead atoms. The Kier molecular flexibility index (Phi) is 2.02. The first-order valence-electron chi connectivity index (χ1n) is 4.06. The van der Waals surface area contributed by atoms with Crippen LogP contribution in [0.3, 0.4) is 0 Å². The third-order valence-corrected chi connectivity index (χ3v) is 1.97. The third kappa shape index (κ3) is 1.55. The van der Waals surface area contributed by atoms with Crippen molar-refractivity contribution in [3.8, 4) is 5.75 Å². The number of hydrogen-bond donors (Lipinski definition) is 1. The van der Waals surface area contributed by atoms with Gasteiger partial charge in [0.25, 0.3) is 0 Å². The molecule has 0 amide bonds. The molecule has 0 saturated carbocycles. The number of fused-ring (bicyclic) bond motifs is 1. The van der Waals surface area contributed by atoms with E-state index in [1.54, 1.807) is 12.1 Å². The van der Waals surface area contributed by atoms with Crippen molar-refractivity contribution in [2.24, 2.45) is 0 Å². The lowest BCUT2D eigenvalue weighted by atomic mass is 10.1. The van der Waals surface area contributed by atoms with Gasteiger partial charge in [-0.05, 0) is 30.7 Å². The zero-order chi connectivity index (χ0) is 9.26. The maximum atomic E-state index is 12.7. The van der Waals surface area contributed by atoms with Gasteiger partial charge in [-0.3, -0.25) is 0 Å². The highest BCUT2D eigenvalue weighted by atomic mass is 19.1. The molecule has 0 saturated heterocycles. The quantitative estimate of drug-likeness (QED) is 0.711. The second-order valence-electron chi connectivity index (χ2n) is 2.89. The minimum Gasteiger partial charge on any atom is -0.459 e. The topological polar surface area (TPSA) is 29.5 Å². The molecule has 1 aliphatic heterocycles. The Morgan fingerprint density at radius 3 is 3.08 bits per heavy atom. The van der Waals surface area contributed by atoms with E-state index in [1.807, 2.05) is 0 Å². The lowest BCUT2D eigenvalue weighted by molar-refractivity contribution is 0.257. The summed E-state index contributed by atoms with van der Waals surface area (Å²) in [7, 11) is 0. The molecule has 1 heterocycles. The van der Waals surface area contributed by atoms with E-state index in [2.05, 4.69) is 0 Å². The van der Waals surface area contributed by atoms with Gasteiger partial charge >= 0.3 is 0 Å². The molecule has 1 aliphatic rings. The Morgan fingerprint density at radius 2 is 2.31 bits per heavy atom. The summed E-state index contributed by atoms with van der Waals surface area (Å²) in [6.07, 6.45) is 2.37. The summed E-state index contributed by atoms with van der Waals surface area (Å²) in [5.74, 6) is 0.898. The van der Waals surface area contributed by atoms with Gasteiger partial charge in [0.1, 0.15) is 23.9 Å². The summed E-state index contributed by atoms with van der Waals surface area (Å²) in [4.78, 5) is 0. The first kappa shape index (κ1) is 8.26. The van der Waals surface area contributed by atoms with Crippen LogP contribution in [0.1, 0.15) is 5.56 Å². The number of aliphatic hydroxyl groups is 1. The second-order valence-corrected chi connectivity index (χ2v) is 2.89. The normalized spacial score (nSPS) is 14.5. The van der Waals surface area contributed by atoms with Crippen LogP contribution in [0, 0.1) is 5.82 Å². The first-order valence-corrected chi connectivity index (χ1v) is 4.06. The largest absolute Gasteiger partial charge is 0.459 e. The number of hydrogen-bond acceptors (Lipinski definition) is 2. The molecule has 0 spiro atoms. The summed E-state index contributed by atoms with van der Waals surface area (Å²) in [6.45, 7) is -0.114. The zero-order valence-corrected chi connectivity index (χ0v) is 6.96. The Hall–Kier alpha value is -1.35. The van der Waals surface area contributed by atoms with Gasteiger partial charge in [-0.25, -0.2) is 4.39 Å². The van der Waals surface area contributed by atoms with Gasteiger partial charge in [-0.2, -0.15) is 0 Å². The molecule has 1 aromatic carbocycles. The summed E-state index contributed by atoms with van der Waals surface area (Å²) < 4.78 is 18.0. The lowest BCUT2D eigenvalue weighted by Crippen LogP contribution is -2.07. The van der Waals surface area contributed by atoms with E-state index in [0.29, 0.717) is 17.9 Å². The fourth-order valence-corrected chi connectivity index (χ4v) is 1.31. The highest BCUT2D eigenvalue weighted by Gasteiger charge is 2.11. The fourth-order valence-electron chi connectivity index (χ4n) is 1.31. The standard InChI is InChI=1S/C10H9FO2/c11-8-2-4-10-7(5-8)1-3-9(6-12)13-10/h2-5,12H,1,6H2.